The van der Waals surface area contributed by atoms with Gasteiger partial charge < -0.3 is 10.2 Å². The van der Waals surface area contributed by atoms with Gasteiger partial charge in [-0.15, -0.1) is 0 Å². The zero-order valence-electron chi connectivity index (χ0n) is 16.4. The smallest absolute Gasteiger partial charge is 0.229 e. The highest BCUT2D eigenvalue weighted by Crippen LogP contribution is 2.32. The standard InChI is InChI=1S/C21H30N4O2/c1-16-15-24(13-11-18(16)17-7-4-3-5-8-17)21(22-2)23-12-14-25-19(26)9-6-10-20(25)27/h3-5,7-8,16,18H,6,9-15H2,1-2H3,(H,22,23). The van der Waals surface area contributed by atoms with Crippen LogP contribution in [0.5, 0.6) is 0 Å². The van der Waals surface area contributed by atoms with Gasteiger partial charge in [-0.3, -0.25) is 19.5 Å². The number of aliphatic imine (C=N–C) groups is 1. The SMILES string of the molecule is CN=C(NCCN1C(=O)CCCC1=O)N1CCC(c2ccccc2)C(C)C1. The van der Waals surface area contributed by atoms with Gasteiger partial charge in [0.05, 0.1) is 0 Å². The zero-order valence-corrected chi connectivity index (χ0v) is 16.4. The van der Waals surface area contributed by atoms with E-state index in [2.05, 4.69) is 52.5 Å². The number of rotatable bonds is 4. The van der Waals surface area contributed by atoms with Gasteiger partial charge in [-0.2, -0.15) is 0 Å². The minimum absolute atomic E-state index is 0.0552. The highest BCUT2D eigenvalue weighted by atomic mass is 16.2. The Balaban J connectivity index is 1.51. The summed E-state index contributed by atoms with van der Waals surface area (Å²) >= 11 is 0. The molecule has 1 N–H and O–H groups in total. The van der Waals surface area contributed by atoms with Crippen molar-refractivity contribution in [3.05, 3.63) is 35.9 Å². The fourth-order valence-electron chi connectivity index (χ4n) is 4.19. The molecule has 2 amide bonds. The maximum absolute atomic E-state index is 11.9. The normalized spacial score (nSPS) is 24.3. The first-order valence-corrected chi connectivity index (χ1v) is 9.94. The van der Waals surface area contributed by atoms with Crippen molar-refractivity contribution in [1.82, 2.24) is 15.1 Å². The number of imide groups is 1. The number of carbonyl (C=O) groups is 2. The number of amides is 2. The topological polar surface area (TPSA) is 65.0 Å². The van der Waals surface area contributed by atoms with Crippen LogP contribution in [0.15, 0.2) is 35.3 Å². The number of piperidine rings is 2. The molecule has 2 heterocycles. The molecule has 0 spiro atoms. The maximum atomic E-state index is 11.9. The van der Waals surface area contributed by atoms with Crippen LogP contribution in [0.2, 0.25) is 0 Å². The number of carbonyl (C=O) groups excluding carboxylic acids is 2. The van der Waals surface area contributed by atoms with Crippen LogP contribution >= 0.6 is 0 Å². The maximum Gasteiger partial charge on any atom is 0.229 e. The molecule has 2 aliphatic heterocycles. The quantitative estimate of drug-likeness (QED) is 0.501. The average Bonchev–Trinajstić information content (AvgIpc) is 2.68. The lowest BCUT2D eigenvalue weighted by Gasteiger charge is -2.39. The third-order valence-corrected chi connectivity index (χ3v) is 5.65. The highest BCUT2D eigenvalue weighted by Gasteiger charge is 2.29. The van der Waals surface area contributed by atoms with Gasteiger partial charge in [0.25, 0.3) is 0 Å². The molecule has 0 aliphatic carbocycles. The summed E-state index contributed by atoms with van der Waals surface area (Å²) in [6, 6.07) is 10.7. The van der Waals surface area contributed by atoms with E-state index in [0.29, 0.717) is 44.2 Å². The number of likely N-dealkylation sites (tertiary alicyclic amines) is 2. The Morgan fingerprint density at radius 1 is 1.19 bits per heavy atom. The van der Waals surface area contributed by atoms with Crippen molar-refractivity contribution in [1.29, 1.82) is 0 Å². The number of hydrogen-bond acceptors (Lipinski definition) is 3. The van der Waals surface area contributed by atoms with Crippen LogP contribution in [0.1, 0.15) is 44.1 Å². The molecule has 1 aromatic rings. The van der Waals surface area contributed by atoms with Crippen molar-refractivity contribution in [3.63, 3.8) is 0 Å². The Labute approximate surface area is 161 Å². The molecule has 1 aromatic carbocycles. The predicted molar refractivity (Wildman–Crippen MR) is 106 cm³/mol. The molecule has 6 nitrogen and oxygen atoms in total. The molecule has 2 atom stereocenters. The Kier molecular flexibility index (Phi) is 6.48. The van der Waals surface area contributed by atoms with Gasteiger partial charge in [0.1, 0.15) is 0 Å². The molecule has 0 saturated carbocycles. The summed E-state index contributed by atoms with van der Waals surface area (Å²) in [6.45, 7) is 5.14. The van der Waals surface area contributed by atoms with Crippen molar-refractivity contribution < 1.29 is 9.59 Å². The van der Waals surface area contributed by atoms with Crippen LogP contribution in [0.4, 0.5) is 0 Å². The summed E-state index contributed by atoms with van der Waals surface area (Å²) in [6.07, 6.45) is 2.72. The Morgan fingerprint density at radius 2 is 1.89 bits per heavy atom. The lowest BCUT2D eigenvalue weighted by molar-refractivity contribution is -0.147. The lowest BCUT2D eigenvalue weighted by atomic mass is 9.82. The monoisotopic (exact) mass is 370 g/mol. The summed E-state index contributed by atoms with van der Waals surface area (Å²) in [5, 5.41) is 3.33. The van der Waals surface area contributed by atoms with Crippen molar-refractivity contribution >= 4 is 17.8 Å². The number of hydrogen-bond donors (Lipinski definition) is 1. The Hall–Kier alpha value is -2.37. The second-order valence-corrected chi connectivity index (χ2v) is 7.50. The van der Waals surface area contributed by atoms with E-state index in [1.54, 1.807) is 7.05 Å². The summed E-state index contributed by atoms with van der Waals surface area (Å²) in [7, 11) is 1.79. The van der Waals surface area contributed by atoms with Crippen LogP contribution in [0.3, 0.4) is 0 Å². The van der Waals surface area contributed by atoms with Crippen LogP contribution in [0, 0.1) is 5.92 Å². The van der Waals surface area contributed by atoms with E-state index in [4.69, 9.17) is 0 Å². The van der Waals surface area contributed by atoms with Crippen molar-refractivity contribution in [3.8, 4) is 0 Å². The molecule has 0 aromatic heterocycles. The van der Waals surface area contributed by atoms with Gasteiger partial charge in [-0.25, -0.2) is 0 Å². The summed E-state index contributed by atoms with van der Waals surface area (Å²) in [4.78, 5) is 31.9. The van der Waals surface area contributed by atoms with Crippen molar-refractivity contribution in [2.75, 3.05) is 33.2 Å². The molecule has 6 heteroatoms. The van der Waals surface area contributed by atoms with E-state index in [9.17, 15) is 9.59 Å². The lowest BCUT2D eigenvalue weighted by Crippen LogP contribution is -2.50. The first-order chi connectivity index (χ1) is 13.1. The highest BCUT2D eigenvalue weighted by molar-refractivity contribution is 5.97. The molecule has 146 valence electrons. The van der Waals surface area contributed by atoms with Crippen molar-refractivity contribution in [2.45, 2.75) is 38.5 Å². The molecule has 2 fully saturated rings. The fourth-order valence-corrected chi connectivity index (χ4v) is 4.19. The Morgan fingerprint density at radius 3 is 2.52 bits per heavy atom. The second-order valence-electron chi connectivity index (χ2n) is 7.50. The largest absolute Gasteiger partial charge is 0.354 e. The molecular weight excluding hydrogens is 340 g/mol. The predicted octanol–water partition coefficient (Wildman–Crippen LogP) is 2.23. The number of guanidine groups is 1. The number of nitrogens with one attached hydrogen (secondary N) is 1. The molecule has 0 radical (unpaired) electrons. The second kappa shape index (κ2) is 9.02. The molecule has 2 saturated heterocycles. The third-order valence-electron chi connectivity index (χ3n) is 5.65. The van der Waals surface area contributed by atoms with Crippen LogP contribution in [-0.2, 0) is 9.59 Å². The summed E-state index contributed by atoms with van der Waals surface area (Å²) < 4.78 is 0. The van der Waals surface area contributed by atoms with Crippen LogP contribution in [0.25, 0.3) is 0 Å². The fraction of sp³-hybridized carbons (Fsp3) is 0.571. The third kappa shape index (κ3) is 4.67. The van der Waals surface area contributed by atoms with E-state index in [0.717, 1.165) is 25.5 Å². The molecule has 27 heavy (non-hydrogen) atoms. The Bertz CT molecular complexity index is 673. The molecule has 0 bridgehead atoms. The minimum Gasteiger partial charge on any atom is -0.354 e. The average molecular weight is 370 g/mol. The van der Waals surface area contributed by atoms with Crippen LogP contribution < -0.4 is 5.32 Å². The van der Waals surface area contributed by atoms with Gasteiger partial charge in [-0.1, -0.05) is 37.3 Å². The van der Waals surface area contributed by atoms with Gasteiger partial charge >= 0.3 is 0 Å². The first-order valence-electron chi connectivity index (χ1n) is 9.94. The van der Waals surface area contributed by atoms with Gasteiger partial charge in [0.15, 0.2) is 5.96 Å². The molecule has 2 unspecified atom stereocenters. The molecule has 2 aliphatic rings. The van der Waals surface area contributed by atoms with E-state index in [-0.39, 0.29) is 11.8 Å². The van der Waals surface area contributed by atoms with E-state index >= 15 is 0 Å². The number of nitrogens with zero attached hydrogens (tertiary/aromatic N) is 3. The molecule has 3 rings (SSSR count). The van der Waals surface area contributed by atoms with Crippen molar-refractivity contribution in [2.24, 2.45) is 10.9 Å². The summed E-state index contributed by atoms with van der Waals surface area (Å²) in [5.41, 5.74) is 1.41. The van der Waals surface area contributed by atoms with Crippen LogP contribution in [-0.4, -0.2) is 60.8 Å². The molecular formula is C21H30N4O2. The van der Waals surface area contributed by atoms with Gasteiger partial charge in [0, 0.05) is 46.1 Å². The summed E-state index contributed by atoms with van der Waals surface area (Å²) in [5.74, 6) is 1.85. The zero-order chi connectivity index (χ0) is 19.2. The van der Waals surface area contributed by atoms with E-state index < -0.39 is 0 Å². The van der Waals surface area contributed by atoms with E-state index in [1.807, 2.05) is 0 Å². The first kappa shape index (κ1) is 19.4. The van der Waals surface area contributed by atoms with E-state index in [1.165, 1.54) is 10.5 Å². The van der Waals surface area contributed by atoms with Gasteiger partial charge in [-0.05, 0) is 30.2 Å². The number of benzene rings is 1. The minimum atomic E-state index is -0.0552. The van der Waals surface area contributed by atoms with Gasteiger partial charge in [0.2, 0.25) is 11.8 Å².